The predicted molar refractivity (Wildman–Crippen MR) is 107 cm³/mol. The molecule has 1 N–H and O–H groups in total. The second-order valence-corrected chi connectivity index (χ2v) is 8.08. The lowest BCUT2D eigenvalue weighted by Crippen LogP contribution is -2.31. The molecule has 0 fully saturated rings. The first-order valence-electron chi connectivity index (χ1n) is 9.37. The molecule has 0 saturated heterocycles. The van der Waals surface area contributed by atoms with Crippen LogP contribution >= 0.6 is 0 Å². The van der Waals surface area contributed by atoms with Crippen LogP contribution in [0.1, 0.15) is 63.0 Å². The Balaban J connectivity index is 2.06. The van der Waals surface area contributed by atoms with Gasteiger partial charge in [0.05, 0.1) is 22.3 Å². The third-order valence-electron chi connectivity index (χ3n) is 4.74. The van der Waals surface area contributed by atoms with Gasteiger partial charge in [-0.1, -0.05) is 32.9 Å². The standard InChI is InChI=1S/C23H17F3N2O4/c1-22(2,3)18(17(11-27)12-5-4-6-14(9-12)23(24,25)26)28-19(29)13-7-8-15-16(10-13)21(31)32-20(15)30/h4-10H,1-3H3,(H,28,29). The van der Waals surface area contributed by atoms with E-state index in [2.05, 4.69) is 10.1 Å². The van der Waals surface area contributed by atoms with Crippen LogP contribution < -0.4 is 5.32 Å². The summed E-state index contributed by atoms with van der Waals surface area (Å²) in [5.74, 6) is -2.40. The number of amides is 1. The molecular formula is C23H17F3N2O4. The summed E-state index contributed by atoms with van der Waals surface area (Å²) in [5, 5.41) is 12.3. The molecule has 1 aliphatic heterocycles. The molecule has 0 aliphatic carbocycles. The summed E-state index contributed by atoms with van der Waals surface area (Å²) in [6.45, 7) is 5.06. The van der Waals surface area contributed by atoms with E-state index in [1.807, 2.05) is 6.07 Å². The highest BCUT2D eigenvalue weighted by Gasteiger charge is 2.33. The highest BCUT2D eigenvalue weighted by Crippen LogP contribution is 2.34. The van der Waals surface area contributed by atoms with Gasteiger partial charge in [-0.25, -0.2) is 9.59 Å². The van der Waals surface area contributed by atoms with Crippen LogP contribution in [0.2, 0.25) is 0 Å². The van der Waals surface area contributed by atoms with Crippen molar-refractivity contribution < 1.29 is 32.3 Å². The molecule has 1 amide bonds. The van der Waals surface area contributed by atoms with Gasteiger partial charge < -0.3 is 10.1 Å². The molecule has 0 unspecified atom stereocenters. The van der Waals surface area contributed by atoms with Crippen LogP contribution in [0, 0.1) is 16.7 Å². The number of hydrogen-bond donors (Lipinski definition) is 1. The van der Waals surface area contributed by atoms with Gasteiger partial charge >= 0.3 is 18.1 Å². The number of alkyl halides is 3. The maximum atomic E-state index is 13.1. The summed E-state index contributed by atoms with van der Waals surface area (Å²) in [6.07, 6.45) is -4.60. The molecular weight excluding hydrogens is 425 g/mol. The zero-order valence-electron chi connectivity index (χ0n) is 17.3. The van der Waals surface area contributed by atoms with Gasteiger partial charge in [-0.05, 0) is 35.9 Å². The van der Waals surface area contributed by atoms with Crippen molar-refractivity contribution in [3.8, 4) is 6.07 Å². The summed E-state index contributed by atoms with van der Waals surface area (Å²) in [6, 6.07) is 9.93. The number of carbonyl (C=O) groups excluding carboxylic acids is 3. The molecule has 0 atom stereocenters. The summed E-state index contributed by atoms with van der Waals surface area (Å²) in [4.78, 5) is 36.2. The van der Waals surface area contributed by atoms with Gasteiger partial charge in [-0.2, -0.15) is 18.4 Å². The second-order valence-electron chi connectivity index (χ2n) is 8.08. The molecule has 0 spiro atoms. The van der Waals surface area contributed by atoms with Crippen molar-refractivity contribution in [2.75, 3.05) is 0 Å². The van der Waals surface area contributed by atoms with E-state index in [0.717, 1.165) is 12.1 Å². The molecule has 1 heterocycles. The lowest BCUT2D eigenvalue weighted by molar-refractivity contribution is -0.137. The Kier molecular flexibility index (Phi) is 5.66. The fraction of sp³-hybridized carbons (Fsp3) is 0.217. The summed E-state index contributed by atoms with van der Waals surface area (Å²) < 4.78 is 43.9. The average Bonchev–Trinajstić information content (AvgIpc) is 3.00. The zero-order valence-corrected chi connectivity index (χ0v) is 17.3. The molecule has 0 bridgehead atoms. The zero-order chi connectivity index (χ0) is 23.8. The van der Waals surface area contributed by atoms with Crippen molar-refractivity contribution in [3.05, 3.63) is 76.0 Å². The Hall–Kier alpha value is -3.93. The van der Waals surface area contributed by atoms with Gasteiger partial charge in [-0.15, -0.1) is 0 Å². The van der Waals surface area contributed by atoms with Crippen molar-refractivity contribution in [1.29, 1.82) is 5.26 Å². The fourth-order valence-corrected chi connectivity index (χ4v) is 3.15. The third kappa shape index (κ3) is 4.39. The number of nitriles is 1. The maximum Gasteiger partial charge on any atom is 0.416 e. The number of hydrogen-bond acceptors (Lipinski definition) is 5. The number of allylic oxidation sites excluding steroid dienone is 2. The van der Waals surface area contributed by atoms with Crippen molar-refractivity contribution in [2.45, 2.75) is 26.9 Å². The normalized spacial score (nSPS) is 14.3. The van der Waals surface area contributed by atoms with Gasteiger partial charge in [0.25, 0.3) is 5.91 Å². The van der Waals surface area contributed by atoms with E-state index in [9.17, 15) is 32.8 Å². The fourth-order valence-electron chi connectivity index (χ4n) is 3.15. The number of carbonyl (C=O) groups is 3. The van der Waals surface area contributed by atoms with Crippen molar-refractivity contribution >= 4 is 23.4 Å². The minimum Gasteiger partial charge on any atom is -0.386 e. The highest BCUT2D eigenvalue weighted by molar-refractivity contribution is 6.15. The number of fused-ring (bicyclic) bond motifs is 1. The number of ether oxygens (including phenoxy) is 1. The Morgan fingerprint density at radius 3 is 2.22 bits per heavy atom. The summed E-state index contributed by atoms with van der Waals surface area (Å²) in [5.41, 5.74) is -1.82. The van der Waals surface area contributed by atoms with E-state index >= 15 is 0 Å². The maximum absolute atomic E-state index is 13.1. The number of esters is 2. The number of cyclic esters (lactones) is 2. The quantitative estimate of drug-likeness (QED) is 0.421. The molecule has 2 aromatic rings. The van der Waals surface area contributed by atoms with Crippen LogP contribution in [0.5, 0.6) is 0 Å². The molecule has 0 saturated carbocycles. The van der Waals surface area contributed by atoms with Crippen molar-refractivity contribution in [2.24, 2.45) is 5.41 Å². The molecule has 1 aliphatic rings. The SMILES string of the molecule is CC(C)(C)C(NC(=O)c1ccc2c(c1)C(=O)OC2=O)=C(C#N)c1cccc(C(F)(F)F)c1. The van der Waals surface area contributed by atoms with Gasteiger partial charge in [0, 0.05) is 16.7 Å². The van der Waals surface area contributed by atoms with Gasteiger partial charge in [0.2, 0.25) is 0 Å². The number of nitrogens with one attached hydrogen (secondary N) is 1. The van der Waals surface area contributed by atoms with Crippen LogP contribution in [0.15, 0.2) is 48.2 Å². The van der Waals surface area contributed by atoms with Gasteiger partial charge in [0.1, 0.15) is 6.07 Å². The first-order valence-corrected chi connectivity index (χ1v) is 9.37. The monoisotopic (exact) mass is 442 g/mol. The summed E-state index contributed by atoms with van der Waals surface area (Å²) >= 11 is 0. The molecule has 164 valence electrons. The van der Waals surface area contributed by atoms with Crippen molar-refractivity contribution in [3.63, 3.8) is 0 Å². The molecule has 2 aromatic carbocycles. The van der Waals surface area contributed by atoms with Crippen LogP contribution in [0.25, 0.3) is 5.57 Å². The number of benzene rings is 2. The lowest BCUT2D eigenvalue weighted by Gasteiger charge is -2.26. The largest absolute Gasteiger partial charge is 0.416 e. The molecule has 32 heavy (non-hydrogen) atoms. The minimum absolute atomic E-state index is 0.00400. The number of rotatable bonds is 3. The van der Waals surface area contributed by atoms with E-state index in [0.29, 0.717) is 0 Å². The third-order valence-corrected chi connectivity index (χ3v) is 4.74. The Bertz CT molecular complexity index is 1210. The number of nitrogens with zero attached hydrogens (tertiary/aromatic N) is 1. The predicted octanol–water partition coefficient (Wildman–Crippen LogP) is 4.73. The molecule has 0 aromatic heterocycles. The Labute approximate surface area is 181 Å². The topological polar surface area (TPSA) is 96.3 Å². The lowest BCUT2D eigenvalue weighted by atomic mass is 9.86. The van der Waals surface area contributed by atoms with E-state index in [4.69, 9.17) is 0 Å². The average molecular weight is 442 g/mol. The smallest absolute Gasteiger partial charge is 0.386 e. The first kappa shape index (κ1) is 22.7. The number of halogens is 3. The van der Waals surface area contributed by atoms with Crippen LogP contribution in [-0.4, -0.2) is 17.8 Å². The summed E-state index contributed by atoms with van der Waals surface area (Å²) in [7, 11) is 0. The minimum atomic E-state index is -4.60. The first-order chi connectivity index (χ1) is 14.8. The van der Waals surface area contributed by atoms with E-state index in [-0.39, 0.29) is 33.5 Å². The van der Waals surface area contributed by atoms with Gasteiger partial charge in [0.15, 0.2) is 0 Å². The molecule has 0 radical (unpaired) electrons. The molecule has 6 nitrogen and oxygen atoms in total. The van der Waals surface area contributed by atoms with Crippen molar-refractivity contribution in [1.82, 2.24) is 5.32 Å². The van der Waals surface area contributed by atoms with E-state index in [1.54, 1.807) is 20.8 Å². The van der Waals surface area contributed by atoms with Crippen LogP contribution in [-0.2, 0) is 10.9 Å². The molecule has 9 heteroatoms. The molecule has 3 rings (SSSR count). The van der Waals surface area contributed by atoms with Crippen LogP contribution in [0.3, 0.4) is 0 Å². The second kappa shape index (κ2) is 7.96. The Morgan fingerprint density at radius 2 is 1.62 bits per heavy atom. The van der Waals surface area contributed by atoms with Gasteiger partial charge in [-0.3, -0.25) is 4.79 Å². The Morgan fingerprint density at radius 1 is 0.969 bits per heavy atom. The van der Waals surface area contributed by atoms with E-state index in [1.165, 1.54) is 30.3 Å². The highest BCUT2D eigenvalue weighted by atomic mass is 19.4. The van der Waals surface area contributed by atoms with Crippen LogP contribution in [0.4, 0.5) is 13.2 Å². The van der Waals surface area contributed by atoms with E-state index < -0.39 is 35.0 Å².